The maximum Gasteiger partial charge on any atom is 0.227 e. The first-order valence-corrected chi connectivity index (χ1v) is 6.04. The van der Waals surface area contributed by atoms with E-state index in [1.54, 1.807) is 12.1 Å². The Labute approximate surface area is 111 Å². The standard InChI is InChI=1S/C13H17N3O3/c1-8(7-14)5-12-15-13(16-19-12)9-3-4-10(17)11(6-9)18-2/h3-4,6,8,17H,5,7,14H2,1-2H3. The highest BCUT2D eigenvalue weighted by Gasteiger charge is 2.13. The lowest BCUT2D eigenvalue weighted by Crippen LogP contribution is -2.13. The lowest BCUT2D eigenvalue weighted by molar-refractivity contribution is 0.359. The van der Waals surface area contributed by atoms with Crippen LogP contribution in [0.4, 0.5) is 0 Å². The van der Waals surface area contributed by atoms with Crippen LogP contribution in [0.5, 0.6) is 11.5 Å². The Morgan fingerprint density at radius 2 is 2.26 bits per heavy atom. The quantitative estimate of drug-likeness (QED) is 0.850. The smallest absolute Gasteiger partial charge is 0.227 e. The molecule has 1 heterocycles. The predicted octanol–water partition coefficient (Wildman–Crippen LogP) is 1.59. The Morgan fingerprint density at radius 1 is 1.47 bits per heavy atom. The van der Waals surface area contributed by atoms with Crippen LogP contribution in [0.15, 0.2) is 22.7 Å². The molecule has 0 fully saturated rings. The molecule has 1 aromatic heterocycles. The zero-order chi connectivity index (χ0) is 13.8. The van der Waals surface area contributed by atoms with Crippen LogP contribution in [0.2, 0.25) is 0 Å². The van der Waals surface area contributed by atoms with Gasteiger partial charge in [-0.05, 0) is 30.7 Å². The van der Waals surface area contributed by atoms with Gasteiger partial charge in [0.25, 0.3) is 0 Å². The summed E-state index contributed by atoms with van der Waals surface area (Å²) >= 11 is 0. The molecular formula is C13H17N3O3. The largest absolute Gasteiger partial charge is 0.504 e. The maximum atomic E-state index is 9.53. The number of nitrogens with zero attached hydrogens (tertiary/aromatic N) is 2. The number of hydrogen-bond acceptors (Lipinski definition) is 6. The van der Waals surface area contributed by atoms with Gasteiger partial charge in [0.05, 0.1) is 7.11 Å². The summed E-state index contributed by atoms with van der Waals surface area (Å²) in [4.78, 5) is 4.30. The minimum atomic E-state index is 0.0757. The number of aromatic hydroxyl groups is 1. The third-order valence-electron chi connectivity index (χ3n) is 2.83. The number of phenols is 1. The van der Waals surface area contributed by atoms with E-state index in [1.165, 1.54) is 13.2 Å². The van der Waals surface area contributed by atoms with E-state index in [9.17, 15) is 5.11 Å². The van der Waals surface area contributed by atoms with Crippen LogP contribution in [0.1, 0.15) is 12.8 Å². The van der Waals surface area contributed by atoms with Crippen molar-refractivity contribution in [3.8, 4) is 22.9 Å². The Kier molecular flexibility index (Phi) is 4.01. The van der Waals surface area contributed by atoms with E-state index < -0.39 is 0 Å². The second-order valence-corrected chi connectivity index (χ2v) is 4.44. The van der Waals surface area contributed by atoms with Gasteiger partial charge < -0.3 is 20.1 Å². The van der Waals surface area contributed by atoms with Crippen molar-refractivity contribution in [1.82, 2.24) is 10.1 Å². The number of benzene rings is 1. The van der Waals surface area contributed by atoms with Crippen molar-refractivity contribution >= 4 is 0 Å². The molecule has 102 valence electrons. The van der Waals surface area contributed by atoms with Crippen LogP contribution < -0.4 is 10.5 Å². The number of aromatic nitrogens is 2. The van der Waals surface area contributed by atoms with E-state index in [2.05, 4.69) is 10.1 Å². The zero-order valence-electron chi connectivity index (χ0n) is 11.0. The maximum absolute atomic E-state index is 9.53. The van der Waals surface area contributed by atoms with Crippen LogP contribution in [0, 0.1) is 5.92 Å². The average molecular weight is 263 g/mol. The number of methoxy groups -OCH3 is 1. The zero-order valence-corrected chi connectivity index (χ0v) is 11.0. The van der Waals surface area contributed by atoms with E-state index in [-0.39, 0.29) is 5.75 Å². The molecule has 2 aromatic rings. The van der Waals surface area contributed by atoms with Gasteiger partial charge in [0, 0.05) is 12.0 Å². The molecule has 0 saturated heterocycles. The molecule has 0 spiro atoms. The summed E-state index contributed by atoms with van der Waals surface area (Å²) in [6.07, 6.45) is 0.652. The van der Waals surface area contributed by atoms with Crippen molar-refractivity contribution in [2.24, 2.45) is 11.7 Å². The van der Waals surface area contributed by atoms with E-state index in [0.717, 1.165) is 5.56 Å². The molecule has 0 saturated carbocycles. The fourth-order valence-electron chi connectivity index (χ4n) is 1.65. The van der Waals surface area contributed by atoms with Crippen molar-refractivity contribution in [1.29, 1.82) is 0 Å². The van der Waals surface area contributed by atoms with Crippen molar-refractivity contribution in [2.75, 3.05) is 13.7 Å². The lowest BCUT2D eigenvalue weighted by Gasteiger charge is -2.03. The summed E-state index contributed by atoms with van der Waals surface area (Å²) in [6, 6.07) is 4.90. The van der Waals surface area contributed by atoms with Crippen molar-refractivity contribution in [2.45, 2.75) is 13.3 Å². The summed E-state index contributed by atoms with van der Waals surface area (Å²) in [5.41, 5.74) is 6.29. The van der Waals surface area contributed by atoms with Crippen LogP contribution in [0.25, 0.3) is 11.4 Å². The SMILES string of the molecule is COc1cc(-c2noc(CC(C)CN)n2)ccc1O. The van der Waals surface area contributed by atoms with E-state index in [0.29, 0.717) is 36.3 Å². The molecule has 1 unspecified atom stereocenters. The summed E-state index contributed by atoms with van der Waals surface area (Å²) in [6.45, 7) is 2.60. The molecule has 0 radical (unpaired) electrons. The third kappa shape index (κ3) is 3.03. The summed E-state index contributed by atoms with van der Waals surface area (Å²) < 4.78 is 10.2. The van der Waals surface area contributed by atoms with E-state index in [4.69, 9.17) is 15.0 Å². The summed E-state index contributed by atoms with van der Waals surface area (Å²) in [5, 5.41) is 13.4. The normalized spacial score (nSPS) is 12.4. The first kappa shape index (κ1) is 13.4. The molecule has 0 amide bonds. The molecule has 6 nitrogen and oxygen atoms in total. The molecule has 0 bridgehead atoms. The molecular weight excluding hydrogens is 246 g/mol. The van der Waals surface area contributed by atoms with E-state index >= 15 is 0 Å². The fraction of sp³-hybridized carbons (Fsp3) is 0.385. The Hall–Kier alpha value is -2.08. The van der Waals surface area contributed by atoms with Gasteiger partial charge in [0.2, 0.25) is 11.7 Å². The summed E-state index contributed by atoms with van der Waals surface area (Å²) in [5.74, 6) is 1.77. The van der Waals surface area contributed by atoms with Gasteiger partial charge in [0.1, 0.15) is 0 Å². The third-order valence-corrected chi connectivity index (χ3v) is 2.83. The molecule has 1 atom stereocenters. The van der Waals surface area contributed by atoms with E-state index in [1.807, 2.05) is 6.92 Å². The molecule has 0 aliphatic heterocycles. The molecule has 0 aliphatic rings. The Bertz CT molecular complexity index is 554. The van der Waals surface area contributed by atoms with Gasteiger partial charge in [-0.1, -0.05) is 12.1 Å². The van der Waals surface area contributed by atoms with Crippen molar-refractivity contribution in [3.63, 3.8) is 0 Å². The van der Waals surface area contributed by atoms with Crippen LogP contribution in [0.3, 0.4) is 0 Å². The molecule has 1 aromatic carbocycles. The number of phenolic OH excluding ortho intramolecular Hbond substituents is 1. The average Bonchev–Trinajstić information content (AvgIpc) is 2.87. The second kappa shape index (κ2) is 5.71. The Balaban J connectivity index is 2.22. The van der Waals surface area contributed by atoms with Crippen molar-refractivity contribution in [3.05, 3.63) is 24.1 Å². The highest BCUT2D eigenvalue weighted by molar-refractivity contribution is 5.60. The topological polar surface area (TPSA) is 94.4 Å². The monoisotopic (exact) mass is 263 g/mol. The van der Waals surface area contributed by atoms with Gasteiger partial charge >= 0.3 is 0 Å². The van der Waals surface area contributed by atoms with Gasteiger partial charge in [-0.15, -0.1) is 0 Å². The molecule has 6 heteroatoms. The van der Waals surface area contributed by atoms with Crippen LogP contribution >= 0.6 is 0 Å². The lowest BCUT2D eigenvalue weighted by atomic mass is 10.1. The van der Waals surface area contributed by atoms with Gasteiger partial charge in [-0.3, -0.25) is 0 Å². The molecule has 19 heavy (non-hydrogen) atoms. The van der Waals surface area contributed by atoms with Crippen LogP contribution in [-0.2, 0) is 6.42 Å². The first-order valence-electron chi connectivity index (χ1n) is 6.04. The first-order chi connectivity index (χ1) is 9.13. The molecule has 3 N–H and O–H groups in total. The molecule has 0 aliphatic carbocycles. The fourth-order valence-corrected chi connectivity index (χ4v) is 1.65. The van der Waals surface area contributed by atoms with Crippen LogP contribution in [-0.4, -0.2) is 28.9 Å². The highest BCUT2D eigenvalue weighted by atomic mass is 16.5. The van der Waals surface area contributed by atoms with Gasteiger partial charge in [-0.25, -0.2) is 0 Å². The predicted molar refractivity (Wildman–Crippen MR) is 69.9 cm³/mol. The number of hydrogen-bond donors (Lipinski definition) is 2. The highest BCUT2D eigenvalue weighted by Crippen LogP contribution is 2.30. The summed E-state index contributed by atoms with van der Waals surface area (Å²) in [7, 11) is 1.49. The Morgan fingerprint density at radius 3 is 2.95 bits per heavy atom. The number of rotatable bonds is 5. The number of ether oxygens (including phenoxy) is 1. The van der Waals surface area contributed by atoms with Gasteiger partial charge in [-0.2, -0.15) is 4.98 Å². The number of nitrogens with two attached hydrogens (primary N) is 1. The molecule has 2 rings (SSSR count). The van der Waals surface area contributed by atoms with Crippen molar-refractivity contribution < 1.29 is 14.4 Å². The second-order valence-electron chi connectivity index (χ2n) is 4.44. The minimum absolute atomic E-state index is 0.0757. The minimum Gasteiger partial charge on any atom is -0.504 e. The van der Waals surface area contributed by atoms with Gasteiger partial charge in [0.15, 0.2) is 11.5 Å².